The minimum Gasteiger partial charge on any atom is -0.0991 e. The van der Waals surface area contributed by atoms with Crippen molar-refractivity contribution in [3.63, 3.8) is 0 Å². The lowest BCUT2D eigenvalue weighted by Gasteiger charge is -2.10. The highest BCUT2D eigenvalue weighted by Gasteiger charge is 2.30. The number of hydrogen-bond acceptors (Lipinski definition) is 0. The highest BCUT2D eigenvalue weighted by Crippen LogP contribution is 2.34. The summed E-state index contributed by atoms with van der Waals surface area (Å²) in [6.07, 6.45) is 11.4. The summed E-state index contributed by atoms with van der Waals surface area (Å²) in [5.74, 6) is 0. The summed E-state index contributed by atoms with van der Waals surface area (Å²) >= 11 is 0. The summed E-state index contributed by atoms with van der Waals surface area (Å²) in [6.45, 7) is 15.8. The third kappa shape index (κ3) is 3.82. The molecular weight excluding hydrogens is 296 g/mol. The van der Waals surface area contributed by atoms with Crippen molar-refractivity contribution in [2.24, 2.45) is 0 Å². The molecule has 0 bridgehead atoms. The van der Waals surface area contributed by atoms with Crippen LogP contribution in [0.1, 0.15) is 0 Å². The quantitative estimate of drug-likeness (QED) is 0.413. The second-order valence-electron chi connectivity index (χ2n) is 4.85. The first-order valence-electron chi connectivity index (χ1n) is 7.38. The molecule has 0 aliphatic carbocycles. The number of benzene rings is 2. The third-order valence-corrected chi connectivity index (χ3v) is 5.60. The second-order valence-corrected chi connectivity index (χ2v) is 6.90. The molecule has 2 aromatic rings. The molecule has 2 aromatic carbocycles. The lowest BCUT2D eigenvalue weighted by atomic mass is 10.1. The zero-order valence-electron chi connectivity index (χ0n) is 13.2. The molecule has 0 fully saturated rings. The van der Waals surface area contributed by atoms with E-state index >= 15 is 0 Å². The molecule has 114 valence electrons. The highest BCUT2D eigenvalue weighted by atomic mass is 32.2. The minimum atomic E-state index is -0.304. The summed E-state index contributed by atoms with van der Waals surface area (Å²) in [7, 11) is -0.304. The summed E-state index contributed by atoms with van der Waals surface area (Å²) in [6, 6.07) is 14.8. The monoisotopic (exact) mass is 317 g/mol. The zero-order chi connectivity index (χ0) is 16.7. The van der Waals surface area contributed by atoms with Gasteiger partial charge in [0.25, 0.3) is 0 Å². The van der Waals surface area contributed by atoms with Crippen LogP contribution < -0.4 is 0 Å². The van der Waals surface area contributed by atoms with Gasteiger partial charge in [-0.2, -0.15) is 0 Å². The fourth-order valence-electron chi connectivity index (χ4n) is 2.37. The van der Waals surface area contributed by atoms with Crippen LogP contribution >= 0.6 is 0 Å². The third-order valence-electron chi connectivity index (χ3n) is 3.37. The second kappa shape index (κ2) is 8.21. The van der Waals surface area contributed by atoms with Gasteiger partial charge in [0.15, 0.2) is 14.7 Å². The van der Waals surface area contributed by atoms with Crippen LogP contribution in [-0.2, 0) is 10.9 Å². The van der Waals surface area contributed by atoms with E-state index in [1.165, 1.54) is 15.7 Å². The first-order chi connectivity index (χ1) is 11.2. The van der Waals surface area contributed by atoms with E-state index < -0.39 is 0 Å². The minimum absolute atomic E-state index is 0.304. The van der Waals surface area contributed by atoms with Gasteiger partial charge in [0, 0.05) is 5.39 Å². The molecule has 0 aromatic heterocycles. The Morgan fingerprint density at radius 1 is 0.913 bits per heavy atom. The Morgan fingerprint density at radius 2 is 1.65 bits per heavy atom. The highest BCUT2D eigenvalue weighted by molar-refractivity contribution is 8.04. The van der Waals surface area contributed by atoms with Crippen molar-refractivity contribution in [3.05, 3.63) is 115 Å². The van der Waals surface area contributed by atoms with Crippen LogP contribution in [0.3, 0.4) is 0 Å². The maximum absolute atomic E-state index is 4.28. The average Bonchev–Trinajstić information content (AvgIpc) is 2.59. The predicted molar refractivity (Wildman–Crippen MR) is 107 cm³/mol. The van der Waals surface area contributed by atoms with Crippen LogP contribution in [-0.4, -0.2) is 0 Å². The van der Waals surface area contributed by atoms with Gasteiger partial charge in [0.2, 0.25) is 0 Å². The molecule has 0 nitrogen and oxygen atoms in total. The van der Waals surface area contributed by atoms with E-state index in [1.54, 1.807) is 12.2 Å². The first kappa shape index (κ1) is 16.9. The zero-order valence-corrected chi connectivity index (χ0v) is 14.1. The normalized spacial score (nSPS) is 13.0. The van der Waals surface area contributed by atoms with Gasteiger partial charge in [-0.25, -0.2) is 0 Å². The van der Waals surface area contributed by atoms with Gasteiger partial charge >= 0.3 is 0 Å². The van der Waals surface area contributed by atoms with Crippen molar-refractivity contribution in [3.8, 4) is 0 Å². The molecule has 0 amide bonds. The molecule has 1 atom stereocenters. The number of rotatable bonds is 7. The topological polar surface area (TPSA) is 0 Å². The van der Waals surface area contributed by atoms with Crippen LogP contribution in [0.5, 0.6) is 0 Å². The smallest absolute Gasteiger partial charge is 0.0991 e. The van der Waals surface area contributed by atoms with Gasteiger partial charge < -0.3 is 0 Å². The Morgan fingerprint density at radius 3 is 2.35 bits per heavy atom. The molecule has 0 aliphatic heterocycles. The van der Waals surface area contributed by atoms with Gasteiger partial charge in [-0.15, -0.1) is 0 Å². The van der Waals surface area contributed by atoms with Crippen molar-refractivity contribution in [2.45, 2.75) is 4.90 Å². The lowest BCUT2D eigenvalue weighted by Crippen LogP contribution is -2.07. The molecule has 0 saturated carbocycles. The molecule has 0 aliphatic rings. The average molecular weight is 317 g/mol. The molecule has 0 heterocycles. The van der Waals surface area contributed by atoms with Crippen molar-refractivity contribution in [1.29, 1.82) is 0 Å². The van der Waals surface area contributed by atoms with Crippen LogP contribution in [0.25, 0.3) is 10.8 Å². The van der Waals surface area contributed by atoms with Gasteiger partial charge in [-0.3, -0.25) is 0 Å². The SMILES string of the molecule is C=C/C=C\C(=C)[S+](/C(C=C)=C/C=C)c1cccc2ccccc12. The van der Waals surface area contributed by atoms with Gasteiger partial charge in [-0.1, -0.05) is 68.3 Å². The van der Waals surface area contributed by atoms with Crippen LogP contribution in [0.15, 0.2) is 120 Å². The molecule has 1 heteroatoms. The molecule has 0 spiro atoms. The molecule has 0 saturated heterocycles. The summed E-state index contributed by atoms with van der Waals surface area (Å²) < 4.78 is 0. The van der Waals surface area contributed by atoms with Gasteiger partial charge in [0.05, 0.1) is 10.9 Å². The molecule has 1 unspecified atom stereocenters. The van der Waals surface area contributed by atoms with E-state index in [4.69, 9.17) is 0 Å². The Balaban J connectivity index is 2.69. The van der Waals surface area contributed by atoms with Crippen LogP contribution in [0.4, 0.5) is 0 Å². The number of hydrogen-bond donors (Lipinski definition) is 0. The van der Waals surface area contributed by atoms with E-state index in [1.807, 2.05) is 24.3 Å². The van der Waals surface area contributed by atoms with Gasteiger partial charge in [-0.05, 0) is 42.3 Å². The van der Waals surface area contributed by atoms with E-state index in [9.17, 15) is 0 Å². The van der Waals surface area contributed by atoms with E-state index in [-0.39, 0.29) is 10.9 Å². The lowest BCUT2D eigenvalue weighted by molar-refractivity contribution is 1.53. The predicted octanol–water partition coefficient (Wildman–Crippen LogP) is 6.33. The van der Waals surface area contributed by atoms with Crippen molar-refractivity contribution >= 4 is 21.7 Å². The van der Waals surface area contributed by atoms with E-state index in [0.717, 1.165) is 9.81 Å². The first-order valence-corrected chi connectivity index (χ1v) is 8.60. The Labute approximate surface area is 141 Å². The molecular formula is C22H21S+. The van der Waals surface area contributed by atoms with Crippen molar-refractivity contribution in [2.75, 3.05) is 0 Å². The van der Waals surface area contributed by atoms with E-state index in [2.05, 4.69) is 68.8 Å². The van der Waals surface area contributed by atoms with Gasteiger partial charge in [0.1, 0.15) is 0 Å². The summed E-state index contributed by atoms with van der Waals surface area (Å²) in [5, 5.41) is 2.47. The Hall–Kier alpha value is -2.51. The van der Waals surface area contributed by atoms with Crippen molar-refractivity contribution in [1.82, 2.24) is 0 Å². The molecule has 2 rings (SSSR count). The molecule has 23 heavy (non-hydrogen) atoms. The molecule has 0 radical (unpaired) electrons. The van der Waals surface area contributed by atoms with E-state index in [0.29, 0.717) is 0 Å². The number of allylic oxidation sites excluding steroid dienone is 6. The summed E-state index contributed by atoms with van der Waals surface area (Å²) in [4.78, 5) is 3.37. The standard InChI is InChI=1S/C22H21S/c1-5-8-13-18(4)23(20(7-3)12-6-2)22-17-11-15-19-14-9-10-16-21(19)22/h5-17H,1-4H2/q+1/b13-8-,20-12+. The Bertz CT molecular complexity index is 800. The molecule has 0 N–H and O–H groups in total. The number of fused-ring (bicyclic) bond motifs is 1. The van der Waals surface area contributed by atoms with Crippen molar-refractivity contribution < 1.29 is 0 Å². The maximum atomic E-state index is 4.28. The largest absolute Gasteiger partial charge is 0.174 e. The Kier molecular flexibility index (Phi) is 6.02. The fourth-order valence-corrected chi connectivity index (χ4v) is 4.45. The summed E-state index contributed by atoms with van der Waals surface area (Å²) in [5.41, 5.74) is 0. The van der Waals surface area contributed by atoms with Crippen LogP contribution in [0, 0.1) is 0 Å². The van der Waals surface area contributed by atoms with Crippen LogP contribution in [0.2, 0.25) is 0 Å². The fraction of sp³-hybridized carbons (Fsp3) is 0. The maximum Gasteiger partial charge on any atom is 0.174 e.